The lowest BCUT2D eigenvalue weighted by Gasteiger charge is -2.45. The van der Waals surface area contributed by atoms with E-state index in [1.54, 1.807) is 0 Å². The number of likely N-dealkylation sites (tertiary alicyclic amines) is 1. The lowest BCUT2D eigenvalue weighted by molar-refractivity contribution is 0.0625. The summed E-state index contributed by atoms with van der Waals surface area (Å²) in [5, 5.41) is 0. The van der Waals surface area contributed by atoms with Crippen LogP contribution in [-0.4, -0.2) is 31.1 Å². The van der Waals surface area contributed by atoms with Gasteiger partial charge in [0.1, 0.15) is 5.75 Å². The Hall–Kier alpha value is -1.06. The summed E-state index contributed by atoms with van der Waals surface area (Å²) < 4.78 is 5.91. The summed E-state index contributed by atoms with van der Waals surface area (Å²) >= 11 is 0. The molecule has 3 heteroatoms. The molecule has 0 amide bonds. The molecule has 3 rings (SSSR count). The Kier molecular flexibility index (Phi) is 3.76. The van der Waals surface area contributed by atoms with Gasteiger partial charge in [0.25, 0.3) is 0 Å². The van der Waals surface area contributed by atoms with Crippen molar-refractivity contribution in [1.29, 1.82) is 0 Å². The highest BCUT2D eigenvalue weighted by atomic mass is 16.5. The first-order valence-corrected chi connectivity index (χ1v) is 7.54. The van der Waals surface area contributed by atoms with Gasteiger partial charge in [0.05, 0.1) is 12.1 Å². The van der Waals surface area contributed by atoms with Crippen LogP contribution in [0.4, 0.5) is 0 Å². The first-order valence-electron chi connectivity index (χ1n) is 7.54. The second kappa shape index (κ2) is 5.51. The van der Waals surface area contributed by atoms with E-state index in [4.69, 9.17) is 10.5 Å². The average Bonchev–Trinajstić information content (AvgIpc) is 2.68. The van der Waals surface area contributed by atoms with Crippen molar-refractivity contribution in [3.63, 3.8) is 0 Å². The molecule has 2 aliphatic rings. The first-order chi connectivity index (χ1) is 9.37. The fourth-order valence-corrected chi connectivity index (χ4v) is 3.65. The van der Waals surface area contributed by atoms with Crippen LogP contribution in [0.5, 0.6) is 5.75 Å². The molecule has 1 unspecified atom stereocenters. The van der Waals surface area contributed by atoms with Gasteiger partial charge in [0, 0.05) is 12.1 Å². The minimum atomic E-state index is -0.00644. The second-order valence-corrected chi connectivity index (χ2v) is 5.73. The van der Waals surface area contributed by atoms with Gasteiger partial charge >= 0.3 is 0 Å². The first kappa shape index (κ1) is 12.9. The van der Waals surface area contributed by atoms with E-state index in [-0.39, 0.29) is 5.54 Å². The van der Waals surface area contributed by atoms with Crippen LogP contribution in [0, 0.1) is 0 Å². The summed E-state index contributed by atoms with van der Waals surface area (Å²) in [6, 6.07) is 8.47. The average molecular weight is 260 g/mol. The van der Waals surface area contributed by atoms with Crippen LogP contribution in [-0.2, 0) is 5.54 Å². The molecule has 1 atom stereocenters. The summed E-state index contributed by atoms with van der Waals surface area (Å²) in [7, 11) is 0. The number of nitrogens with two attached hydrogens (primary N) is 1. The minimum absolute atomic E-state index is 0.00644. The monoisotopic (exact) mass is 260 g/mol. The molecule has 0 bridgehead atoms. The summed E-state index contributed by atoms with van der Waals surface area (Å²) in [6.07, 6.45) is 6.15. The van der Waals surface area contributed by atoms with Crippen molar-refractivity contribution in [3.05, 3.63) is 29.8 Å². The Morgan fingerprint density at radius 3 is 2.68 bits per heavy atom. The molecule has 0 aromatic heterocycles. The quantitative estimate of drug-likeness (QED) is 0.888. The molecule has 104 valence electrons. The summed E-state index contributed by atoms with van der Waals surface area (Å²) in [6.45, 7) is 3.84. The maximum Gasteiger partial charge on any atom is 0.124 e. The van der Waals surface area contributed by atoms with E-state index in [1.807, 2.05) is 0 Å². The van der Waals surface area contributed by atoms with E-state index in [0.29, 0.717) is 6.54 Å². The molecule has 1 aromatic carbocycles. The Labute approximate surface area is 115 Å². The van der Waals surface area contributed by atoms with Crippen LogP contribution in [0.2, 0.25) is 0 Å². The predicted molar refractivity (Wildman–Crippen MR) is 77.3 cm³/mol. The van der Waals surface area contributed by atoms with Crippen molar-refractivity contribution in [3.8, 4) is 5.75 Å². The molecule has 0 aliphatic carbocycles. The fraction of sp³-hybridized carbons (Fsp3) is 0.625. The van der Waals surface area contributed by atoms with E-state index < -0.39 is 0 Å². The summed E-state index contributed by atoms with van der Waals surface area (Å²) in [5.41, 5.74) is 7.55. The maximum absolute atomic E-state index is 6.26. The third-order valence-electron chi connectivity index (χ3n) is 4.68. The molecule has 2 N–H and O–H groups in total. The number of benzene rings is 1. The minimum Gasteiger partial charge on any atom is -0.493 e. The largest absolute Gasteiger partial charge is 0.493 e. The van der Waals surface area contributed by atoms with Gasteiger partial charge in [-0.3, -0.25) is 4.90 Å². The van der Waals surface area contributed by atoms with Crippen LogP contribution in [0.25, 0.3) is 0 Å². The van der Waals surface area contributed by atoms with Gasteiger partial charge in [0.2, 0.25) is 0 Å². The van der Waals surface area contributed by atoms with E-state index in [1.165, 1.54) is 37.9 Å². The molecule has 2 heterocycles. The number of hydrogen-bond acceptors (Lipinski definition) is 3. The zero-order valence-corrected chi connectivity index (χ0v) is 11.6. The van der Waals surface area contributed by atoms with Crippen molar-refractivity contribution in [2.45, 2.75) is 37.6 Å². The molecule has 19 heavy (non-hydrogen) atoms. The topological polar surface area (TPSA) is 38.5 Å². The van der Waals surface area contributed by atoms with Crippen LogP contribution >= 0.6 is 0 Å². The lowest BCUT2D eigenvalue weighted by Crippen LogP contribution is -2.53. The Morgan fingerprint density at radius 1 is 1.11 bits per heavy atom. The van der Waals surface area contributed by atoms with Crippen LogP contribution in [0.1, 0.15) is 37.7 Å². The van der Waals surface area contributed by atoms with Crippen LogP contribution < -0.4 is 10.5 Å². The highest BCUT2D eigenvalue weighted by Gasteiger charge is 2.40. The molecule has 1 saturated heterocycles. The maximum atomic E-state index is 6.26. The SMILES string of the molecule is NCC1(N2CCCCC2)CCCOc2ccccc21. The van der Waals surface area contributed by atoms with Gasteiger partial charge in [0.15, 0.2) is 0 Å². The number of fused-ring (bicyclic) bond motifs is 1. The Balaban J connectivity index is 2.03. The van der Waals surface area contributed by atoms with Crippen molar-refractivity contribution in [1.82, 2.24) is 4.90 Å². The Bertz CT molecular complexity index is 429. The second-order valence-electron chi connectivity index (χ2n) is 5.73. The number of rotatable bonds is 2. The number of para-hydroxylation sites is 1. The smallest absolute Gasteiger partial charge is 0.124 e. The molecular formula is C16H24N2O. The normalized spacial score (nSPS) is 28.3. The third-order valence-corrected chi connectivity index (χ3v) is 4.68. The van der Waals surface area contributed by atoms with Crippen LogP contribution in [0.15, 0.2) is 24.3 Å². The number of piperidine rings is 1. The highest BCUT2D eigenvalue weighted by molar-refractivity contribution is 5.40. The van der Waals surface area contributed by atoms with Gasteiger partial charge in [-0.15, -0.1) is 0 Å². The molecule has 3 nitrogen and oxygen atoms in total. The standard InChI is InChI=1S/C16H24N2O/c17-13-16(18-10-4-1-5-11-18)9-6-12-19-15-8-3-2-7-14(15)16/h2-3,7-8H,1,4-6,9-13,17H2. The van der Waals surface area contributed by atoms with E-state index >= 15 is 0 Å². The van der Waals surface area contributed by atoms with Crippen molar-refractivity contribution in [2.24, 2.45) is 5.73 Å². The highest BCUT2D eigenvalue weighted by Crippen LogP contribution is 2.41. The number of nitrogens with zero attached hydrogens (tertiary/aromatic N) is 1. The molecule has 1 aromatic rings. The molecule has 1 fully saturated rings. The van der Waals surface area contributed by atoms with Crippen LogP contribution in [0.3, 0.4) is 0 Å². The summed E-state index contributed by atoms with van der Waals surface area (Å²) in [5.74, 6) is 1.04. The molecule has 2 aliphatic heterocycles. The zero-order valence-electron chi connectivity index (χ0n) is 11.6. The van der Waals surface area contributed by atoms with E-state index in [0.717, 1.165) is 25.2 Å². The molecule has 0 saturated carbocycles. The third kappa shape index (κ3) is 2.26. The predicted octanol–water partition coefficient (Wildman–Crippen LogP) is 2.50. The van der Waals surface area contributed by atoms with Gasteiger partial charge < -0.3 is 10.5 Å². The van der Waals surface area contributed by atoms with Gasteiger partial charge in [-0.05, 0) is 44.8 Å². The number of hydrogen-bond donors (Lipinski definition) is 1. The van der Waals surface area contributed by atoms with Crippen molar-refractivity contribution < 1.29 is 4.74 Å². The molecule has 0 spiro atoms. The van der Waals surface area contributed by atoms with Crippen molar-refractivity contribution >= 4 is 0 Å². The van der Waals surface area contributed by atoms with E-state index in [9.17, 15) is 0 Å². The van der Waals surface area contributed by atoms with Gasteiger partial charge in [-0.1, -0.05) is 24.6 Å². The summed E-state index contributed by atoms with van der Waals surface area (Å²) in [4.78, 5) is 2.62. The van der Waals surface area contributed by atoms with Gasteiger partial charge in [-0.25, -0.2) is 0 Å². The zero-order chi connectivity index (χ0) is 13.1. The Morgan fingerprint density at radius 2 is 1.89 bits per heavy atom. The lowest BCUT2D eigenvalue weighted by atomic mass is 9.82. The van der Waals surface area contributed by atoms with Crippen molar-refractivity contribution in [2.75, 3.05) is 26.2 Å². The molecule has 0 radical (unpaired) electrons. The number of ether oxygens (including phenoxy) is 1. The fourth-order valence-electron chi connectivity index (χ4n) is 3.65. The van der Waals surface area contributed by atoms with E-state index in [2.05, 4.69) is 29.2 Å². The van der Waals surface area contributed by atoms with Gasteiger partial charge in [-0.2, -0.15) is 0 Å². The molecular weight excluding hydrogens is 236 g/mol.